The van der Waals surface area contributed by atoms with Gasteiger partial charge in [0.1, 0.15) is 5.75 Å². The van der Waals surface area contributed by atoms with Gasteiger partial charge >= 0.3 is 0 Å². The van der Waals surface area contributed by atoms with Crippen molar-refractivity contribution < 1.29 is 19.1 Å². The van der Waals surface area contributed by atoms with E-state index in [0.717, 1.165) is 5.75 Å². The Labute approximate surface area is 168 Å². The number of rotatable bonds is 8. The Hall–Kier alpha value is -2.80. The topological polar surface area (TPSA) is 75.7 Å². The minimum absolute atomic E-state index is 0.128. The molecule has 3 rings (SSSR count). The fourth-order valence-electron chi connectivity index (χ4n) is 2.88. The molecule has 0 aliphatic carbocycles. The Bertz CT molecular complexity index is 847. The molecule has 1 aliphatic rings. The van der Waals surface area contributed by atoms with Gasteiger partial charge in [0.15, 0.2) is 0 Å². The first-order chi connectivity index (χ1) is 13.5. The fraction of sp³-hybridized carbons (Fsp3) is 0.286. The number of ether oxygens (including phenoxy) is 1. The van der Waals surface area contributed by atoms with E-state index < -0.39 is 0 Å². The van der Waals surface area contributed by atoms with Crippen molar-refractivity contribution >= 4 is 35.2 Å². The van der Waals surface area contributed by atoms with Crippen LogP contribution in [0.1, 0.15) is 34.6 Å². The van der Waals surface area contributed by atoms with Crippen molar-refractivity contribution in [1.29, 1.82) is 0 Å². The first-order valence-electron chi connectivity index (χ1n) is 9.11. The van der Waals surface area contributed by atoms with E-state index in [1.54, 1.807) is 55.5 Å². The molecule has 1 unspecified atom stereocenters. The SMILES string of the molecule is CCOc1ccc(NC(=O)C(C)SCCN2C(=O)c3ccccc3C2=O)cc1. The van der Waals surface area contributed by atoms with Gasteiger partial charge in [-0.3, -0.25) is 19.3 Å². The van der Waals surface area contributed by atoms with Crippen LogP contribution in [-0.2, 0) is 4.79 Å². The Morgan fingerprint density at radius 1 is 1.07 bits per heavy atom. The fourth-order valence-corrected chi connectivity index (χ4v) is 3.74. The molecule has 146 valence electrons. The van der Waals surface area contributed by atoms with E-state index in [9.17, 15) is 14.4 Å². The molecule has 1 aliphatic heterocycles. The molecule has 1 N–H and O–H groups in total. The van der Waals surface area contributed by atoms with E-state index >= 15 is 0 Å². The highest BCUT2D eigenvalue weighted by Crippen LogP contribution is 2.23. The highest BCUT2D eigenvalue weighted by molar-refractivity contribution is 8.00. The van der Waals surface area contributed by atoms with Gasteiger partial charge in [-0.15, -0.1) is 11.8 Å². The van der Waals surface area contributed by atoms with E-state index in [-0.39, 0.29) is 29.5 Å². The van der Waals surface area contributed by atoms with Crippen molar-refractivity contribution in [2.45, 2.75) is 19.1 Å². The summed E-state index contributed by atoms with van der Waals surface area (Å²) in [4.78, 5) is 38.3. The van der Waals surface area contributed by atoms with Crippen LogP contribution in [0.2, 0.25) is 0 Å². The van der Waals surface area contributed by atoms with E-state index in [2.05, 4.69) is 5.32 Å². The summed E-state index contributed by atoms with van der Waals surface area (Å²) in [6, 6.07) is 14.0. The van der Waals surface area contributed by atoms with Crippen molar-refractivity contribution in [3.63, 3.8) is 0 Å². The third kappa shape index (κ3) is 4.36. The molecule has 0 fully saturated rings. The number of nitrogens with one attached hydrogen (secondary N) is 1. The van der Waals surface area contributed by atoms with Crippen LogP contribution >= 0.6 is 11.8 Å². The van der Waals surface area contributed by atoms with Gasteiger partial charge in [-0.1, -0.05) is 12.1 Å². The van der Waals surface area contributed by atoms with Crippen LogP contribution in [0.15, 0.2) is 48.5 Å². The van der Waals surface area contributed by atoms with Gasteiger partial charge in [0, 0.05) is 18.0 Å². The smallest absolute Gasteiger partial charge is 0.261 e. The molecule has 6 nitrogen and oxygen atoms in total. The predicted molar refractivity (Wildman–Crippen MR) is 110 cm³/mol. The summed E-state index contributed by atoms with van der Waals surface area (Å²) in [6.45, 7) is 4.58. The molecule has 0 saturated carbocycles. The van der Waals surface area contributed by atoms with Gasteiger partial charge in [-0.05, 0) is 50.2 Å². The molecule has 0 saturated heterocycles. The lowest BCUT2D eigenvalue weighted by molar-refractivity contribution is -0.115. The standard InChI is InChI=1S/C21H22N2O4S/c1-3-27-16-10-8-15(9-11-16)22-19(24)14(2)28-13-12-23-20(25)17-6-4-5-7-18(17)21(23)26/h4-11,14H,3,12-13H2,1-2H3,(H,22,24). The summed E-state index contributed by atoms with van der Waals surface area (Å²) >= 11 is 1.40. The second-order valence-corrected chi connectivity index (χ2v) is 7.72. The molecule has 7 heteroatoms. The quantitative estimate of drug-likeness (QED) is 0.690. The van der Waals surface area contributed by atoms with Gasteiger partial charge in [0.2, 0.25) is 5.91 Å². The number of hydrogen-bond donors (Lipinski definition) is 1. The summed E-state index contributed by atoms with van der Waals surface area (Å²) in [5.41, 5.74) is 1.58. The lowest BCUT2D eigenvalue weighted by Gasteiger charge is -2.16. The minimum Gasteiger partial charge on any atom is -0.494 e. The molecule has 0 bridgehead atoms. The van der Waals surface area contributed by atoms with Gasteiger partial charge in [0.25, 0.3) is 11.8 Å². The minimum atomic E-state index is -0.318. The lowest BCUT2D eigenvalue weighted by atomic mass is 10.1. The molecule has 2 aromatic carbocycles. The largest absolute Gasteiger partial charge is 0.494 e. The van der Waals surface area contributed by atoms with Crippen LogP contribution in [0.25, 0.3) is 0 Å². The van der Waals surface area contributed by atoms with Crippen molar-refractivity contribution in [3.05, 3.63) is 59.7 Å². The van der Waals surface area contributed by atoms with Crippen molar-refractivity contribution in [2.24, 2.45) is 0 Å². The van der Waals surface area contributed by atoms with Crippen LogP contribution in [-0.4, -0.2) is 46.8 Å². The maximum atomic E-state index is 12.3. The summed E-state index contributed by atoms with van der Waals surface area (Å²) in [7, 11) is 0. The number of imide groups is 1. The summed E-state index contributed by atoms with van der Waals surface area (Å²) in [5, 5.41) is 2.54. The summed E-state index contributed by atoms with van der Waals surface area (Å²) in [6.07, 6.45) is 0. The van der Waals surface area contributed by atoms with Crippen molar-refractivity contribution in [2.75, 3.05) is 24.2 Å². The normalized spacial score (nSPS) is 14.0. The van der Waals surface area contributed by atoms with Crippen LogP contribution in [0, 0.1) is 0 Å². The molecule has 1 atom stereocenters. The Morgan fingerprint density at radius 3 is 2.25 bits per heavy atom. The van der Waals surface area contributed by atoms with Gasteiger partial charge in [-0.2, -0.15) is 0 Å². The maximum Gasteiger partial charge on any atom is 0.261 e. The number of hydrogen-bond acceptors (Lipinski definition) is 5. The first kappa shape index (κ1) is 19.9. The predicted octanol–water partition coefficient (Wildman–Crippen LogP) is 3.44. The molecule has 0 spiro atoms. The molecule has 3 amide bonds. The Kier molecular flexibility index (Phi) is 6.36. The van der Waals surface area contributed by atoms with Crippen LogP contribution in [0.4, 0.5) is 5.69 Å². The highest BCUT2D eigenvalue weighted by atomic mass is 32.2. The van der Waals surface area contributed by atoms with Gasteiger partial charge in [-0.25, -0.2) is 0 Å². The summed E-state index contributed by atoms with van der Waals surface area (Å²) < 4.78 is 5.38. The average molecular weight is 398 g/mol. The number of nitrogens with zero attached hydrogens (tertiary/aromatic N) is 1. The van der Waals surface area contributed by atoms with Gasteiger partial charge in [0.05, 0.1) is 23.0 Å². The molecular weight excluding hydrogens is 376 g/mol. The highest BCUT2D eigenvalue weighted by Gasteiger charge is 2.34. The Morgan fingerprint density at radius 2 is 1.68 bits per heavy atom. The third-order valence-corrected chi connectivity index (χ3v) is 5.50. The van der Waals surface area contributed by atoms with E-state index in [0.29, 0.717) is 29.2 Å². The molecule has 0 aromatic heterocycles. The van der Waals surface area contributed by atoms with Crippen LogP contribution in [0.5, 0.6) is 5.75 Å². The van der Waals surface area contributed by atoms with Crippen LogP contribution < -0.4 is 10.1 Å². The van der Waals surface area contributed by atoms with E-state index in [4.69, 9.17) is 4.74 Å². The molecule has 1 heterocycles. The zero-order chi connectivity index (χ0) is 20.1. The van der Waals surface area contributed by atoms with Crippen molar-refractivity contribution in [3.8, 4) is 5.75 Å². The number of thioether (sulfide) groups is 1. The second-order valence-electron chi connectivity index (χ2n) is 6.27. The number of benzene rings is 2. The molecule has 0 radical (unpaired) electrons. The van der Waals surface area contributed by atoms with E-state index in [1.165, 1.54) is 16.7 Å². The zero-order valence-electron chi connectivity index (χ0n) is 15.8. The summed E-state index contributed by atoms with van der Waals surface area (Å²) in [5.74, 6) is 0.573. The Balaban J connectivity index is 1.48. The zero-order valence-corrected chi connectivity index (χ0v) is 16.6. The third-order valence-electron chi connectivity index (χ3n) is 4.36. The maximum absolute atomic E-state index is 12.3. The molecule has 28 heavy (non-hydrogen) atoms. The number of amides is 3. The van der Waals surface area contributed by atoms with E-state index in [1.807, 2.05) is 6.92 Å². The number of anilines is 1. The van der Waals surface area contributed by atoms with Crippen LogP contribution in [0.3, 0.4) is 0 Å². The molecular formula is C21H22N2O4S. The monoisotopic (exact) mass is 398 g/mol. The van der Waals surface area contributed by atoms with Crippen molar-refractivity contribution in [1.82, 2.24) is 4.90 Å². The first-order valence-corrected chi connectivity index (χ1v) is 10.2. The number of fused-ring (bicyclic) bond motifs is 1. The lowest BCUT2D eigenvalue weighted by Crippen LogP contribution is -2.32. The second kappa shape index (κ2) is 8.93. The molecule has 2 aromatic rings. The number of carbonyl (C=O) groups excluding carboxylic acids is 3. The average Bonchev–Trinajstić information content (AvgIpc) is 2.94. The number of carbonyl (C=O) groups is 3. The van der Waals surface area contributed by atoms with Gasteiger partial charge < -0.3 is 10.1 Å².